The first kappa shape index (κ1) is 25.5. The van der Waals surface area contributed by atoms with Crippen LogP contribution in [0.3, 0.4) is 0 Å². The molecular formula is C22H31NO6S2. The smallest absolute Gasteiger partial charge is 0.297 e. The first-order chi connectivity index (χ1) is 14.4. The average Bonchev–Trinajstić information content (AvgIpc) is 2.67. The van der Waals surface area contributed by atoms with Gasteiger partial charge in [0.1, 0.15) is 0 Å². The molecule has 7 nitrogen and oxygen atoms in total. The second-order valence-corrected chi connectivity index (χ2v) is 11.6. The molecule has 0 heterocycles. The van der Waals surface area contributed by atoms with Crippen molar-refractivity contribution >= 4 is 20.1 Å². The number of aliphatic hydroxyl groups excluding tert-OH is 1. The molecule has 31 heavy (non-hydrogen) atoms. The van der Waals surface area contributed by atoms with Crippen LogP contribution in [0.25, 0.3) is 0 Å². The van der Waals surface area contributed by atoms with Crippen LogP contribution in [0.1, 0.15) is 31.4 Å². The molecule has 2 aromatic carbocycles. The lowest BCUT2D eigenvalue weighted by molar-refractivity contribution is 0.119. The van der Waals surface area contributed by atoms with E-state index >= 15 is 0 Å². The van der Waals surface area contributed by atoms with Crippen molar-refractivity contribution in [2.24, 2.45) is 5.92 Å². The van der Waals surface area contributed by atoms with Crippen molar-refractivity contribution < 1.29 is 26.1 Å². The predicted octanol–water partition coefficient (Wildman–Crippen LogP) is 3.11. The van der Waals surface area contributed by atoms with Gasteiger partial charge in [-0.05, 0) is 50.5 Å². The second-order valence-electron chi connectivity index (χ2n) is 8.05. The fourth-order valence-electron chi connectivity index (χ4n) is 3.04. The Morgan fingerprint density at radius 1 is 0.871 bits per heavy atom. The molecule has 1 N–H and O–H groups in total. The number of hydrogen-bond acceptors (Lipinski definition) is 6. The molecule has 2 aromatic rings. The Balaban J connectivity index is 2.18. The maximum absolute atomic E-state index is 13.1. The van der Waals surface area contributed by atoms with E-state index in [4.69, 9.17) is 4.18 Å². The summed E-state index contributed by atoms with van der Waals surface area (Å²) in [6.45, 7) is 6.82. The van der Waals surface area contributed by atoms with E-state index < -0.39 is 26.2 Å². The highest BCUT2D eigenvalue weighted by Gasteiger charge is 2.27. The van der Waals surface area contributed by atoms with Crippen LogP contribution >= 0.6 is 0 Å². The van der Waals surface area contributed by atoms with Crippen LogP contribution in [0.5, 0.6) is 0 Å². The highest BCUT2D eigenvalue weighted by Crippen LogP contribution is 2.19. The summed E-state index contributed by atoms with van der Waals surface area (Å²) in [5, 5.41) is 10.3. The van der Waals surface area contributed by atoms with E-state index in [1.165, 1.54) is 24.3 Å². The average molecular weight is 470 g/mol. The fraction of sp³-hybridized carbons (Fsp3) is 0.455. The summed E-state index contributed by atoms with van der Waals surface area (Å²) in [5.41, 5.74) is 1.83. The number of rotatable bonds is 11. The van der Waals surface area contributed by atoms with Crippen LogP contribution < -0.4 is 0 Å². The number of aliphatic hydroxyl groups is 1. The van der Waals surface area contributed by atoms with Crippen molar-refractivity contribution in [3.63, 3.8) is 0 Å². The van der Waals surface area contributed by atoms with E-state index in [9.17, 15) is 21.9 Å². The Morgan fingerprint density at radius 2 is 1.35 bits per heavy atom. The number of hydrogen-bond donors (Lipinski definition) is 1. The minimum absolute atomic E-state index is 0.00545. The number of aryl methyl sites for hydroxylation is 2. The third-order valence-electron chi connectivity index (χ3n) is 4.71. The molecule has 0 aliphatic heterocycles. The van der Waals surface area contributed by atoms with E-state index in [0.717, 1.165) is 15.4 Å². The minimum Gasteiger partial charge on any atom is -0.392 e. The van der Waals surface area contributed by atoms with Gasteiger partial charge in [-0.3, -0.25) is 4.18 Å². The monoisotopic (exact) mass is 469 g/mol. The van der Waals surface area contributed by atoms with E-state index in [1.807, 2.05) is 27.7 Å². The van der Waals surface area contributed by atoms with Crippen molar-refractivity contribution in [2.75, 3.05) is 19.7 Å². The largest absolute Gasteiger partial charge is 0.392 e. The Morgan fingerprint density at radius 3 is 1.84 bits per heavy atom. The van der Waals surface area contributed by atoms with Gasteiger partial charge in [-0.25, -0.2) is 8.42 Å². The Hall–Kier alpha value is -1.78. The first-order valence-corrected chi connectivity index (χ1v) is 13.0. The molecule has 1 unspecified atom stereocenters. The highest BCUT2D eigenvalue weighted by molar-refractivity contribution is 7.89. The Labute approximate surface area is 185 Å². The molecule has 0 fully saturated rings. The van der Waals surface area contributed by atoms with E-state index in [1.54, 1.807) is 24.3 Å². The van der Waals surface area contributed by atoms with Gasteiger partial charge in [0.25, 0.3) is 10.1 Å². The minimum atomic E-state index is -4.02. The van der Waals surface area contributed by atoms with Gasteiger partial charge >= 0.3 is 0 Å². The summed E-state index contributed by atoms with van der Waals surface area (Å²) in [5.74, 6) is 0.178. The Bertz CT molecular complexity index is 1050. The molecule has 0 aliphatic rings. The van der Waals surface area contributed by atoms with Crippen LogP contribution in [-0.2, 0) is 24.3 Å². The summed E-state index contributed by atoms with van der Waals surface area (Å²) in [6.07, 6.45) is -0.462. The van der Waals surface area contributed by atoms with Gasteiger partial charge in [-0.1, -0.05) is 49.2 Å². The van der Waals surface area contributed by atoms with E-state index in [-0.39, 0.29) is 35.4 Å². The number of sulfonamides is 1. The first-order valence-electron chi connectivity index (χ1n) is 10.1. The van der Waals surface area contributed by atoms with Gasteiger partial charge < -0.3 is 5.11 Å². The maximum atomic E-state index is 13.1. The normalized spacial score (nSPS) is 13.6. The quantitative estimate of drug-likeness (QED) is 0.508. The van der Waals surface area contributed by atoms with Gasteiger partial charge in [0.05, 0.1) is 22.5 Å². The van der Waals surface area contributed by atoms with Crippen LogP contribution in [-0.4, -0.2) is 52.0 Å². The summed E-state index contributed by atoms with van der Waals surface area (Å²) in [7, 11) is -7.96. The van der Waals surface area contributed by atoms with E-state index in [2.05, 4.69) is 0 Å². The molecule has 0 radical (unpaired) electrons. The fourth-order valence-corrected chi connectivity index (χ4v) is 5.41. The van der Waals surface area contributed by atoms with Gasteiger partial charge in [-0.2, -0.15) is 12.7 Å². The van der Waals surface area contributed by atoms with Crippen molar-refractivity contribution in [3.8, 4) is 0 Å². The molecule has 1 atom stereocenters. The zero-order valence-electron chi connectivity index (χ0n) is 18.4. The van der Waals surface area contributed by atoms with E-state index in [0.29, 0.717) is 6.42 Å². The molecule has 0 aromatic heterocycles. The SMILES string of the molecule is Cc1ccc(S(=O)(=O)OCCN(CC(O)CC(C)C)S(=O)(=O)c2ccc(C)cc2)cc1. The molecule has 0 spiro atoms. The number of benzene rings is 2. The predicted molar refractivity (Wildman–Crippen MR) is 120 cm³/mol. The summed E-state index contributed by atoms with van der Waals surface area (Å²) in [6, 6.07) is 12.6. The van der Waals surface area contributed by atoms with Crippen LogP contribution in [0.4, 0.5) is 0 Å². The van der Waals surface area contributed by atoms with Gasteiger partial charge in [0.15, 0.2) is 0 Å². The molecule has 172 valence electrons. The maximum Gasteiger partial charge on any atom is 0.297 e. The molecule has 2 rings (SSSR count). The molecule has 0 amide bonds. The Kier molecular flexibility index (Phi) is 8.79. The van der Waals surface area contributed by atoms with Gasteiger partial charge in [0, 0.05) is 13.1 Å². The highest BCUT2D eigenvalue weighted by atomic mass is 32.2. The van der Waals surface area contributed by atoms with Gasteiger partial charge in [-0.15, -0.1) is 0 Å². The van der Waals surface area contributed by atoms with Crippen LogP contribution in [0.15, 0.2) is 58.3 Å². The van der Waals surface area contributed by atoms with Crippen LogP contribution in [0, 0.1) is 19.8 Å². The lowest BCUT2D eigenvalue weighted by Crippen LogP contribution is -2.40. The second kappa shape index (κ2) is 10.7. The molecular weight excluding hydrogens is 438 g/mol. The van der Waals surface area contributed by atoms with Crippen molar-refractivity contribution in [1.29, 1.82) is 0 Å². The summed E-state index contributed by atoms with van der Waals surface area (Å²) >= 11 is 0. The van der Waals surface area contributed by atoms with Crippen molar-refractivity contribution in [3.05, 3.63) is 59.7 Å². The third-order valence-corrected chi connectivity index (χ3v) is 7.91. The van der Waals surface area contributed by atoms with Crippen LogP contribution in [0.2, 0.25) is 0 Å². The third kappa shape index (κ3) is 7.40. The molecule has 0 saturated heterocycles. The number of nitrogens with zero attached hydrogens (tertiary/aromatic N) is 1. The van der Waals surface area contributed by atoms with Crippen molar-refractivity contribution in [2.45, 2.75) is 50.0 Å². The zero-order chi connectivity index (χ0) is 23.2. The van der Waals surface area contributed by atoms with Crippen molar-refractivity contribution in [1.82, 2.24) is 4.31 Å². The molecule has 0 bridgehead atoms. The molecule has 9 heteroatoms. The molecule has 0 saturated carbocycles. The lowest BCUT2D eigenvalue weighted by Gasteiger charge is -2.25. The summed E-state index contributed by atoms with van der Waals surface area (Å²) in [4.78, 5) is 0.0853. The lowest BCUT2D eigenvalue weighted by atomic mass is 10.1. The zero-order valence-corrected chi connectivity index (χ0v) is 20.0. The summed E-state index contributed by atoms with van der Waals surface area (Å²) < 4.78 is 57.3. The van der Waals surface area contributed by atoms with Gasteiger partial charge in [0.2, 0.25) is 10.0 Å². The molecule has 0 aliphatic carbocycles. The standard InChI is InChI=1S/C22H31NO6S2/c1-17(2)15-20(24)16-23(30(25,26)21-9-5-18(3)6-10-21)13-14-29-31(27,28)22-11-7-19(4)8-12-22/h5-12,17,20,24H,13-16H2,1-4H3. The topological polar surface area (TPSA) is 101 Å².